The van der Waals surface area contributed by atoms with Crippen LogP contribution in [-0.4, -0.2) is 46.4 Å². The van der Waals surface area contributed by atoms with Gasteiger partial charge in [-0.3, -0.25) is 4.79 Å². The molecule has 1 amide bonds. The summed E-state index contributed by atoms with van der Waals surface area (Å²) in [6, 6.07) is 13.8. The number of nitrogens with zero attached hydrogens (tertiary/aromatic N) is 3. The number of amides is 1. The Morgan fingerprint density at radius 3 is 2.79 bits per heavy atom. The lowest BCUT2D eigenvalue weighted by molar-refractivity contribution is 0.0946. The molecule has 146 valence electrons. The van der Waals surface area contributed by atoms with E-state index in [0.29, 0.717) is 17.4 Å². The molecule has 1 N–H and O–H groups in total. The maximum atomic E-state index is 12.6. The second-order valence-electron chi connectivity index (χ2n) is 8.19. The fourth-order valence-corrected chi connectivity index (χ4v) is 3.97. The van der Waals surface area contributed by atoms with Gasteiger partial charge < -0.3 is 14.6 Å². The molecule has 5 heteroatoms. The van der Waals surface area contributed by atoms with Crippen molar-refractivity contribution in [1.29, 1.82) is 0 Å². The van der Waals surface area contributed by atoms with Crippen molar-refractivity contribution in [3.05, 3.63) is 60.4 Å². The maximum absolute atomic E-state index is 12.6. The monoisotopic (exact) mass is 376 g/mol. The van der Waals surface area contributed by atoms with E-state index in [4.69, 9.17) is 0 Å². The largest absolute Gasteiger partial charge is 0.352 e. The number of nitrogens with one attached hydrogen (secondary N) is 1. The van der Waals surface area contributed by atoms with Crippen LogP contribution in [0.5, 0.6) is 0 Å². The number of benzene rings is 1. The first kappa shape index (κ1) is 18.7. The van der Waals surface area contributed by atoms with Crippen LogP contribution in [0.2, 0.25) is 0 Å². The molecular weight excluding hydrogens is 348 g/mol. The van der Waals surface area contributed by atoms with Crippen LogP contribution in [0.15, 0.2) is 54.9 Å². The van der Waals surface area contributed by atoms with Gasteiger partial charge in [0, 0.05) is 37.6 Å². The van der Waals surface area contributed by atoms with Gasteiger partial charge in [-0.15, -0.1) is 0 Å². The summed E-state index contributed by atoms with van der Waals surface area (Å²) in [5, 5.41) is 3.12. The zero-order valence-electron chi connectivity index (χ0n) is 16.6. The summed E-state index contributed by atoms with van der Waals surface area (Å²) in [5.41, 5.74) is 3.50. The van der Waals surface area contributed by atoms with Gasteiger partial charge in [-0.2, -0.15) is 0 Å². The molecule has 1 atom stereocenters. The Labute approximate surface area is 166 Å². The molecule has 5 nitrogen and oxygen atoms in total. The minimum Gasteiger partial charge on any atom is -0.352 e. The Balaban J connectivity index is 1.39. The average molecular weight is 377 g/mol. The SMILES string of the molecule is CC(C)CN1CC[C@H](CNC(=O)c2ccc3nc(-c4ccccc4)cn3c2)C1. The fourth-order valence-electron chi connectivity index (χ4n) is 3.97. The summed E-state index contributed by atoms with van der Waals surface area (Å²) < 4.78 is 1.93. The quantitative estimate of drug-likeness (QED) is 0.713. The lowest BCUT2D eigenvalue weighted by Gasteiger charge is -2.18. The number of imidazole rings is 1. The number of rotatable bonds is 6. The number of hydrogen-bond donors (Lipinski definition) is 1. The molecule has 3 heterocycles. The number of carbonyl (C=O) groups excluding carboxylic acids is 1. The van der Waals surface area contributed by atoms with Gasteiger partial charge in [0.1, 0.15) is 5.65 Å². The molecule has 0 aliphatic carbocycles. The first-order valence-electron chi connectivity index (χ1n) is 10.1. The second-order valence-corrected chi connectivity index (χ2v) is 8.19. The number of likely N-dealkylation sites (tertiary alicyclic amines) is 1. The van der Waals surface area contributed by atoms with Gasteiger partial charge in [-0.1, -0.05) is 44.2 Å². The van der Waals surface area contributed by atoms with Crippen LogP contribution in [0.4, 0.5) is 0 Å². The third-order valence-electron chi connectivity index (χ3n) is 5.33. The standard InChI is InChI=1S/C23H28N4O/c1-17(2)13-26-11-10-18(14-26)12-24-23(28)20-8-9-22-25-21(16-27(22)15-20)19-6-4-3-5-7-19/h3-9,15-18H,10-14H2,1-2H3,(H,24,28)/t18-/m1/s1. The highest BCUT2D eigenvalue weighted by atomic mass is 16.1. The summed E-state index contributed by atoms with van der Waals surface area (Å²) in [5.74, 6) is 1.22. The molecule has 4 rings (SSSR count). The van der Waals surface area contributed by atoms with E-state index in [0.717, 1.165) is 49.5 Å². The Bertz CT molecular complexity index is 948. The number of hydrogen-bond acceptors (Lipinski definition) is 3. The van der Waals surface area contributed by atoms with Gasteiger partial charge in [0.15, 0.2) is 0 Å². The van der Waals surface area contributed by atoms with Gasteiger partial charge in [0.2, 0.25) is 0 Å². The van der Waals surface area contributed by atoms with Gasteiger partial charge >= 0.3 is 0 Å². The Morgan fingerprint density at radius 1 is 1.18 bits per heavy atom. The summed E-state index contributed by atoms with van der Waals surface area (Å²) in [6.45, 7) is 8.62. The van der Waals surface area contributed by atoms with Crippen LogP contribution < -0.4 is 5.32 Å². The highest BCUT2D eigenvalue weighted by molar-refractivity contribution is 5.94. The van der Waals surface area contributed by atoms with Gasteiger partial charge in [-0.05, 0) is 36.9 Å². The summed E-state index contributed by atoms with van der Waals surface area (Å²) in [4.78, 5) is 19.8. The molecule has 0 radical (unpaired) electrons. The van der Waals surface area contributed by atoms with Crippen molar-refractivity contribution in [3.8, 4) is 11.3 Å². The summed E-state index contributed by atoms with van der Waals surface area (Å²) >= 11 is 0. The molecule has 3 aromatic rings. The van der Waals surface area contributed by atoms with Crippen LogP contribution in [-0.2, 0) is 0 Å². The van der Waals surface area contributed by atoms with Crippen LogP contribution >= 0.6 is 0 Å². The number of pyridine rings is 1. The zero-order valence-corrected chi connectivity index (χ0v) is 16.6. The minimum absolute atomic E-state index is 0.0147. The zero-order chi connectivity index (χ0) is 19.5. The lowest BCUT2D eigenvalue weighted by Crippen LogP contribution is -2.32. The third-order valence-corrected chi connectivity index (χ3v) is 5.33. The van der Waals surface area contributed by atoms with Crippen LogP contribution in [0.25, 0.3) is 16.9 Å². The molecule has 1 aromatic carbocycles. The Hall–Kier alpha value is -2.66. The van der Waals surface area contributed by atoms with Crippen molar-refractivity contribution in [2.24, 2.45) is 11.8 Å². The van der Waals surface area contributed by atoms with E-state index in [1.807, 2.05) is 59.3 Å². The summed E-state index contributed by atoms with van der Waals surface area (Å²) in [6.07, 6.45) is 5.00. The third kappa shape index (κ3) is 4.25. The Morgan fingerprint density at radius 2 is 2.00 bits per heavy atom. The highest BCUT2D eigenvalue weighted by Gasteiger charge is 2.23. The van der Waals surface area contributed by atoms with E-state index >= 15 is 0 Å². The van der Waals surface area contributed by atoms with Gasteiger partial charge in [0.05, 0.1) is 11.3 Å². The molecule has 1 saturated heterocycles. The molecule has 0 spiro atoms. The lowest BCUT2D eigenvalue weighted by atomic mass is 10.1. The smallest absolute Gasteiger partial charge is 0.252 e. The number of aromatic nitrogens is 2. The molecule has 0 unspecified atom stereocenters. The second kappa shape index (κ2) is 8.15. The summed E-state index contributed by atoms with van der Waals surface area (Å²) in [7, 11) is 0. The molecule has 2 aromatic heterocycles. The van der Waals surface area contributed by atoms with Gasteiger partial charge in [0.25, 0.3) is 5.91 Å². The van der Waals surface area contributed by atoms with E-state index in [2.05, 4.69) is 29.0 Å². The van der Waals surface area contributed by atoms with Crippen molar-refractivity contribution >= 4 is 11.6 Å². The molecule has 1 fully saturated rings. The van der Waals surface area contributed by atoms with Crippen molar-refractivity contribution < 1.29 is 4.79 Å². The normalized spacial score (nSPS) is 17.5. The van der Waals surface area contributed by atoms with E-state index in [9.17, 15) is 4.79 Å². The van der Waals surface area contributed by atoms with Crippen molar-refractivity contribution in [1.82, 2.24) is 19.6 Å². The number of fused-ring (bicyclic) bond motifs is 1. The van der Waals surface area contributed by atoms with Crippen molar-refractivity contribution in [3.63, 3.8) is 0 Å². The van der Waals surface area contributed by atoms with E-state index in [-0.39, 0.29) is 5.91 Å². The first-order chi connectivity index (χ1) is 13.6. The van der Waals surface area contributed by atoms with E-state index < -0.39 is 0 Å². The van der Waals surface area contributed by atoms with E-state index in [1.54, 1.807) is 0 Å². The van der Waals surface area contributed by atoms with Crippen LogP contribution in [0.3, 0.4) is 0 Å². The van der Waals surface area contributed by atoms with Crippen LogP contribution in [0, 0.1) is 11.8 Å². The molecule has 0 saturated carbocycles. The predicted octanol–water partition coefficient (Wildman–Crippen LogP) is 3.71. The minimum atomic E-state index is -0.0147. The van der Waals surface area contributed by atoms with Crippen molar-refractivity contribution in [2.75, 3.05) is 26.2 Å². The van der Waals surface area contributed by atoms with Gasteiger partial charge in [-0.25, -0.2) is 4.98 Å². The van der Waals surface area contributed by atoms with E-state index in [1.165, 1.54) is 0 Å². The fraction of sp³-hybridized carbons (Fsp3) is 0.391. The van der Waals surface area contributed by atoms with Crippen molar-refractivity contribution in [2.45, 2.75) is 20.3 Å². The molecule has 0 bridgehead atoms. The Kier molecular flexibility index (Phi) is 5.44. The topological polar surface area (TPSA) is 49.6 Å². The highest BCUT2D eigenvalue weighted by Crippen LogP contribution is 2.20. The molecule has 28 heavy (non-hydrogen) atoms. The first-order valence-corrected chi connectivity index (χ1v) is 10.1. The number of carbonyl (C=O) groups is 1. The average Bonchev–Trinajstić information content (AvgIpc) is 3.32. The molecule has 1 aliphatic heterocycles. The predicted molar refractivity (Wildman–Crippen MR) is 112 cm³/mol. The maximum Gasteiger partial charge on any atom is 0.252 e. The molecular formula is C23H28N4O. The molecule has 1 aliphatic rings. The van der Waals surface area contributed by atoms with Crippen LogP contribution in [0.1, 0.15) is 30.6 Å².